The molecule has 0 aliphatic heterocycles. The molecule has 25 heavy (non-hydrogen) atoms. The molecule has 1 aliphatic rings. The Balaban J connectivity index is 1.50. The lowest BCUT2D eigenvalue weighted by Crippen LogP contribution is -1.97. The fourth-order valence-electron chi connectivity index (χ4n) is 4.31. The van der Waals surface area contributed by atoms with Gasteiger partial charge >= 0.3 is 0 Å². The number of aromatic amines is 1. The van der Waals surface area contributed by atoms with Crippen molar-refractivity contribution in [3.8, 4) is 0 Å². The Kier molecular flexibility index (Phi) is 3.27. The van der Waals surface area contributed by atoms with E-state index in [1.54, 1.807) is 0 Å². The molecular weight excluding hydrogens is 302 g/mol. The predicted molar refractivity (Wildman–Crippen MR) is 107 cm³/mol. The number of rotatable bonds is 3. The van der Waals surface area contributed by atoms with E-state index in [-0.39, 0.29) is 0 Å². The molecule has 1 atom stereocenters. The molecule has 0 saturated carbocycles. The van der Waals surface area contributed by atoms with Crippen LogP contribution in [0.2, 0.25) is 0 Å². The minimum Gasteiger partial charge on any atom is -0.361 e. The number of nitrogens with one attached hydrogen (secondary N) is 1. The van der Waals surface area contributed by atoms with E-state index in [2.05, 4.69) is 78.7 Å². The van der Waals surface area contributed by atoms with Crippen LogP contribution in [0.25, 0.3) is 27.8 Å². The molecule has 0 radical (unpaired) electrons. The Bertz CT molecular complexity index is 1110. The number of fused-ring (bicyclic) bond motifs is 3. The summed E-state index contributed by atoms with van der Waals surface area (Å²) >= 11 is 0. The molecule has 1 heteroatoms. The Hall–Kier alpha value is -2.80. The van der Waals surface area contributed by atoms with Crippen LogP contribution in [0.5, 0.6) is 0 Å². The molecule has 0 spiro atoms. The Labute approximate surface area is 148 Å². The van der Waals surface area contributed by atoms with Gasteiger partial charge in [-0.2, -0.15) is 0 Å². The molecular formula is C24H21N. The van der Waals surface area contributed by atoms with Crippen LogP contribution in [0.15, 0.2) is 66.9 Å². The van der Waals surface area contributed by atoms with E-state index in [1.807, 2.05) is 6.20 Å². The van der Waals surface area contributed by atoms with Crippen molar-refractivity contribution >= 4 is 27.8 Å². The maximum absolute atomic E-state index is 3.38. The van der Waals surface area contributed by atoms with Crippen LogP contribution < -0.4 is 0 Å². The molecule has 0 fully saturated rings. The summed E-state index contributed by atoms with van der Waals surface area (Å²) in [5.74, 6) is 0.549. The SMILES string of the molecule is Cc1cc2cc3ccc[nH]c3cc2c1CCC1C=Cc2ccccc21. The first-order chi connectivity index (χ1) is 12.3. The Morgan fingerprint density at radius 3 is 2.84 bits per heavy atom. The van der Waals surface area contributed by atoms with Gasteiger partial charge in [0, 0.05) is 17.6 Å². The van der Waals surface area contributed by atoms with Crippen molar-refractivity contribution < 1.29 is 0 Å². The minimum absolute atomic E-state index is 0.549. The van der Waals surface area contributed by atoms with Crippen molar-refractivity contribution in [3.05, 3.63) is 89.1 Å². The van der Waals surface area contributed by atoms with Crippen LogP contribution in [0.3, 0.4) is 0 Å². The van der Waals surface area contributed by atoms with Gasteiger partial charge in [-0.3, -0.25) is 0 Å². The van der Waals surface area contributed by atoms with Crippen molar-refractivity contribution in [1.82, 2.24) is 4.98 Å². The largest absolute Gasteiger partial charge is 0.361 e. The summed E-state index contributed by atoms with van der Waals surface area (Å²) in [6, 6.07) is 20.0. The van der Waals surface area contributed by atoms with Gasteiger partial charge < -0.3 is 4.98 Å². The first-order valence-corrected chi connectivity index (χ1v) is 9.06. The highest BCUT2D eigenvalue weighted by Gasteiger charge is 2.18. The highest BCUT2D eigenvalue weighted by molar-refractivity contribution is 6.00. The summed E-state index contributed by atoms with van der Waals surface area (Å²) in [5.41, 5.74) is 7.01. The fourth-order valence-corrected chi connectivity index (χ4v) is 4.31. The average molecular weight is 323 g/mol. The van der Waals surface area contributed by atoms with Gasteiger partial charge in [-0.05, 0) is 76.4 Å². The van der Waals surface area contributed by atoms with Crippen LogP contribution in [-0.4, -0.2) is 4.98 Å². The number of allylic oxidation sites excluding steroid dienone is 1. The lowest BCUT2D eigenvalue weighted by atomic mass is 9.93. The van der Waals surface area contributed by atoms with E-state index in [1.165, 1.54) is 50.4 Å². The molecule has 1 nitrogen and oxygen atoms in total. The quantitative estimate of drug-likeness (QED) is 0.451. The zero-order valence-electron chi connectivity index (χ0n) is 14.4. The molecule has 4 aromatic rings. The second kappa shape index (κ2) is 5.63. The number of aryl methyl sites for hydroxylation is 2. The van der Waals surface area contributed by atoms with Crippen molar-refractivity contribution in [2.24, 2.45) is 0 Å². The smallest absolute Gasteiger partial charge is 0.0459 e. The van der Waals surface area contributed by atoms with Crippen LogP contribution in [0.1, 0.15) is 34.6 Å². The number of aromatic nitrogens is 1. The van der Waals surface area contributed by atoms with Gasteiger partial charge in [-0.25, -0.2) is 0 Å². The molecule has 1 heterocycles. The van der Waals surface area contributed by atoms with Gasteiger partial charge in [-0.15, -0.1) is 0 Å². The monoisotopic (exact) mass is 323 g/mol. The second-order valence-corrected chi connectivity index (χ2v) is 7.14. The van der Waals surface area contributed by atoms with Gasteiger partial charge in [-0.1, -0.05) is 48.6 Å². The highest BCUT2D eigenvalue weighted by Crippen LogP contribution is 2.36. The van der Waals surface area contributed by atoms with Crippen LogP contribution in [-0.2, 0) is 6.42 Å². The third-order valence-corrected chi connectivity index (χ3v) is 5.61. The van der Waals surface area contributed by atoms with Crippen molar-refractivity contribution in [2.45, 2.75) is 25.7 Å². The zero-order valence-corrected chi connectivity index (χ0v) is 14.4. The topological polar surface area (TPSA) is 15.8 Å². The van der Waals surface area contributed by atoms with E-state index in [0.29, 0.717) is 5.92 Å². The van der Waals surface area contributed by atoms with Gasteiger partial charge in [0.15, 0.2) is 0 Å². The third-order valence-electron chi connectivity index (χ3n) is 5.61. The molecule has 5 rings (SSSR count). The summed E-state index contributed by atoms with van der Waals surface area (Å²) < 4.78 is 0. The van der Waals surface area contributed by atoms with Crippen molar-refractivity contribution in [1.29, 1.82) is 0 Å². The molecule has 1 N–H and O–H groups in total. The predicted octanol–water partition coefficient (Wildman–Crippen LogP) is 6.37. The second-order valence-electron chi connectivity index (χ2n) is 7.14. The van der Waals surface area contributed by atoms with Gasteiger partial charge in [0.1, 0.15) is 0 Å². The van der Waals surface area contributed by atoms with Crippen LogP contribution in [0.4, 0.5) is 0 Å². The lowest BCUT2D eigenvalue weighted by molar-refractivity contribution is 0.746. The zero-order chi connectivity index (χ0) is 16.8. The van der Waals surface area contributed by atoms with Gasteiger partial charge in [0.2, 0.25) is 0 Å². The lowest BCUT2D eigenvalue weighted by Gasteiger charge is -2.11. The summed E-state index contributed by atoms with van der Waals surface area (Å²) in [4.78, 5) is 3.38. The van der Waals surface area contributed by atoms with Crippen LogP contribution >= 0.6 is 0 Å². The molecule has 0 amide bonds. The van der Waals surface area contributed by atoms with Crippen molar-refractivity contribution in [2.75, 3.05) is 0 Å². The fraction of sp³-hybridized carbons (Fsp3) is 0.167. The van der Waals surface area contributed by atoms with E-state index >= 15 is 0 Å². The highest BCUT2D eigenvalue weighted by atomic mass is 14.6. The normalized spacial score (nSPS) is 16.0. The number of hydrogen-bond donors (Lipinski definition) is 1. The summed E-state index contributed by atoms with van der Waals surface area (Å²) in [7, 11) is 0. The maximum atomic E-state index is 3.38. The average Bonchev–Trinajstić information content (AvgIpc) is 3.18. The summed E-state index contributed by atoms with van der Waals surface area (Å²) in [6.45, 7) is 2.25. The van der Waals surface area contributed by atoms with Gasteiger partial charge in [0.05, 0.1) is 0 Å². The number of H-pyrrole nitrogens is 1. The molecule has 1 aromatic heterocycles. The van der Waals surface area contributed by atoms with E-state index in [9.17, 15) is 0 Å². The van der Waals surface area contributed by atoms with E-state index in [4.69, 9.17) is 0 Å². The Morgan fingerprint density at radius 1 is 0.960 bits per heavy atom. The van der Waals surface area contributed by atoms with E-state index in [0.717, 1.165) is 6.42 Å². The summed E-state index contributed by atoms with van der Waals surface area (Å²) in [6.07, 6.45) is 8.94. The first-order valence-electron chi connectivity index (χ1n) is 9.06. The molecule has 1 unspecified atom stereocenters. The molecule has 3 aromatic carbocycles. The number of hydrogen-bond acceptors (Lipinski definition) is 0. The third kappa shape index (κ3) is 2.39. The number of pyridine rings is 1. The standard InChI is InChI=1S/C24H21N/c1-16-13-20-14-19-6-4-12-25-24(19)15-23(20)21(16)11-10-18-9-8-17-5-2-3-7-22(17)18/h2-9,12-15,18,25H,10-11H2,1H3. The van der Waals surface area contributed by atoms with Crippen molar-refractivity contribution in [3.63, 3.8) is 0 Å². The molecule has 0 saturated heterocycles. The minimum atomic E-state index is 0.549. The van der Waals surface area contributed by atoms with E-state index < -0.39 is 0 Å². The maximum Gasteiger partial charge on any atom is 0.0459 e. The number of benzene rings is 2. The molecule has 1 aliphatic carbocycles. The first kappa shape index (κ1) is 14.5. The van der Waals surface area contributed by atoms with Gasteiger partial charge in [0.25, 0.3) is 0 Å². The van der Waals surface area contributed by atoms with Crippen LogP contribution in [0, 0.1) is 6.92 Å². The Morgan fingerprint density at radius 2 is 1.88 bits per heavy atom. The molecule has 0 bridgehead atoms. The molecule has 122 valence electrons. The summed E-state index contributed by atoms with van der Waals surface area (Å²) in [5, 5.41) is 4.05.